The molecule has 1 atom stereocenters. The second kappa shape index (κ2) is 8.79. The van der Waals surface area contributed by atoms with Gasteiger partial charge in [-0.2, -0.15) is 4.31 Å². The van der Waals surface area contributed by atoms with E-state index >= 15 is 0 Å². The molecule has 0 aliphatic rings. The highest BCUT2D eigenvalue weighted by Gasteiger charge is 2.22. The lowest BCUT2D eigenvalue weighted by Crippen LogP contribution is -2.44. The number of hydrazine groups is 1. The van der Waals surface area contributed by atoms with Crippen LogP contribution in [-0.2, 0) is 14.8 Å². The third-order valence-electron chi connectivity index (χ3n) is 3.80. The smallest absolute Gasteiger partial charge is 0.269 e. The van der Waals surface area contributed by atoms with Crippen LogP contribution in [0.1, 0.15) is 44.5 Å². The topological polar surface area (TPSA) is 95.6 Å². The number of amides is 2. The second-order valence-corrected chi connectivity index (χ2v) is 7.31. The van der Waals surface area contributed by atoms with Crippen molar-refractivity contribution in [2.45, 2.75) is 39.0 Å². The number of nitrogens with one attached hydrogen (secondary N) is 2. The second-order valence-electron chi connectivity index (χ2n) is 5.37. The van der Waals surface area contributed by atoms with E-state index in [4.69, 9.17) is 0 Å². The summed E-state index contributed by atoms with van der Waals surface area (Å²) in [6, 6.07) is 5.74. The van der Waals surface area contributed by atoms with Gasteiger partial charge in [0.25, 0.3) is 5.91 Å². The van der Waals surface area contributed by atoms with Crippen molar-refractivity contribution in [3.05, 3.63) is 29.8 Å². The zero-order valence-electron chi connectivity index (χ0n) is 14.5. The minimum atomic E-state index is -3.64. The number of carbonyl (C=O) groups excluding carboxylic acids is 2. The van der Waals surface area contributed by atoms with Crippen LogP contribution in [0.25, 0.3) is 0 Å². The van der Waals surface area contributed by atoms with Gasteiger partial charge in [0.05, 0.1) is 4.90 Å². The fraction of sp³-hybridized carbons (Fsp3) is 0.500. The summed E-state index contributed by atoms with van der Waals surface area (Å²) in [5.74, 6) is -1.08. The summed E-state index contributed by atoms with van der Waals surface area (Å²) in [5, 5.41) is 0. The molecule has 2 N–H and O–H groups in total. The molecular weight excluding hydrogens is 330 g/mol. The van der Waals surface area contributed by atoms with Gasteiger partial charge in [-0.1, -0.05) is 33.8 Å². The molecule has 8 heteroatoms. The lowest BCUT2D eigenvalue weighted by Gasteiger charge is -2.18. The molecule has 0 radical (unpaired) electrons. The number of sulfonamides is 1. The Balaban J connectivity index is 2.92. The van der Waals surface area contributed by atoms with Gasteiger partial charge in [0.1, 0.15) is 0 Å². The minimum absolute atomic E-state index is 0.0482. The molecule has 0 saturated carbocycles. The summed E-state index contributed by atoms with van der Waals surface area (Å²) < 4.78 is 26.3. The number of rotatable bonds is 7. The molecule has 0 spiro atoms. The maximum atomic E-state index is 12.5. The van der Waals surface area contributed by atoms with Crippen LogP contribution in [0.5, 0.6) is 0 Å². The van der Waals surface area contributed by atoms with Crippen LogP contribution >= 0.6 is 0 Å². The Hall–Kier alpha value is -1.93. The van der Waals surface area contributed by atoms with Gasteiger partial charge in [-0.15, -0.1) is 0 Å². The molecule has 0 heterocycles. The Morgan fingerprint density at radius 3 is 2.29 bits per heavy atom. The Morgan fingerprint density at radius 2 is 1.75 bits per heavy atom. The van der Waals surface area contributed by atoms with E-state index in [0.717, 1.165) is 0 Å². The van der Waals surface area contributed by atoms with Crippen LogP contribution in [0.15, 0.2) is 29.2 Å². The molecule has 0 aliphatic heterocycles. The zero-order valence-corrected chi connectivity index (χ0v) is 15.3. The highest BCUT2D eigenvalue weighted by molar-refractivity contribution is 7.89. The van der Waals surface area contributed by atoms with E-state index < -0.39 is 15.9 Å². The first-order chi connectivity index (χ1) is 11.3. The lowest BCUT2D eigenvalue weighted by atomic mass is 10.1. The van der Waals surface area contributed by atoms with Crippen LogP contribution in [0.3, 0.4) is 0 Å². The van der Waals surface area contributed by atoms with Crippen molar-refractivity contribution in [1.29, 1.82) is 0 Å². The van der Waals surface area contributed by atoms with Crippen LogP contribution in [0.4, 0.5) is 0 Å². The Bertz CT molecular complexity index is 684. The van der Waals surface area contributed by atoms with Gasteiger partial charge in [0.15, 0.2) is 0 Å². The molecule has 1 unspecified atom stereocenters. The minimum Gasteiger partial charge on any atom is -0.273 e. The molecule has 2 amide bonds. The van der Waals surface area contributed by atoms with E-state index in [1.807, 2.05) is 6.92 Å². The van der Waals surface area contributed by atoms with Crippen molar-refractivity contribution < 1.29 is 18.0 Å². The first-order valence-corrected chi connectivity index (χ1v) is 9.42. The SMILES string of the molecule is CCC(C)C(=O)NNC(=O)c1cccc(S(=O)(=O)N(CC)CC)c1. The maximum absolute atomic E-state index is 12.5. The molecule has 1 rings (SSSR count). The third kappa shape index (κ3) is 4.78. The maximum Gasteiger partial charge on any atom is 0.269 e. The fourth-order valence-electron chi connectivity index (χ4n) is 2.01. The van der Waals surface area contributed by atoms with Gasteiger partial charge in [-0.25, -0.2) is 8.42 Å². The predicted octanol–water partition coefficient (Wildman–Crippen LogP) is 1.52. The van der Waals surface area contributed by atoms with E-state index in [1.165, 1.54) is 28.6 Å². The molecule has 24 heavy (non-hydrogen) atoms. The fourth-order valence-corrected chi connectivity index (χ4v) is 3.51. The summed E-state index contributed by atoms with van der Waals surface area (Å²) in [5.41, 5.74) is 4.80. The van der Waals surface area contributed by atoms with Crippen molar-refractivity contribution in [3.63, 3.8) is 0 Å². The molecule has 0 aromatic heterocycles. The van der Waals surface area contributed by atoms with Crippen molar-refractivity contribution >= 4 is 21.8 Å². The molecule has 7 nitrogen and oxygen atoms in total. The van der Waals surface area contributed by atoms with Crippen LogP contribution in [0, 0.1) is 5.92 Å². The zero-order chi connectivity index (χ0) is 18.3. The van der Waals surface area contributed by atoms with E-state index in [-0.39, 0.29) is 22.3 Å². The molecule has 1 aromatic carbocycles. The third-order valence-corrected chi connectivity index (χ3v) is 5.84. The largest absolute Gasteiger partial charge is 0.273 e. The molecule has 1 aromatic rings. The number of nitrogens with zero attached hydrogens (tertiary/aromatic N) is 1. The molecular formula is C16H25N3O4S. The van der Waals surface area contributed by atoms with Crippen molar-refractivity contribution in [2.75, 3.05) is 13.1 Å². The van der Waals surface area contributed by atoms with Gasteiger partial charge < -0.3 is 0 Å². The predicted molar refractivity (Wildman–Crippen MR) is 91.6 cm³/mol. The Kier molecular flexibility index (Phi) is 7.37. The van der Waals surface area contributed by atoms with E-state index in [0.29, 0.717) is 19.5 Å². The van der Waals surface area contributed by atoms with Gasteiger partial charge in [-0.3, -0.25) is 20.4 Å². The lowest BCUT2D eigenvalue weighted by molar-refractivity contribution is -0.125. The molecule has 0 bridgehead atoms. The van der Waals surface area contributed by atoms with Gasteiger partial charge in [0, 0.05) is 24.6 Å². The number of benzene rings is 1. The van der Waals surface area contributed by atoms with Crippen LogP contribution in [0.2, 0.25) is 0 Å². The van der Waals surface area contributed by atoms with E-state index in [9.17, 15) is 18.0 Å². The van der Waals surface area contributed by atoms with E-state index in [1.54, 1.807) is 20.8 Å². The molecule has 134 valence electrons. The average Bonchev–Trinajstić information content (AvgIpc) is 2.59. The Morgan fingerprint density at radius 1 is 1.12 bits per heavy atom. The molecule has 0 fully saturated rings. The van der Waals surface area contributed by atoms with E-state index in [2.05, 4.69) is 10.9 Å². The summed E-state index contributed by atoms with van der Waals surface area (Å²) >= 11 is 0. The number of carbonyl (C=O) groups is 2. The first-order valence-electron chi connectivity index (χ1n) is 7.98. The molecule has 0 aliphatic carbocycles. The van der Waals surface area contributed by atoms with Gasteiger partial charge in [-0.05, 0) is 24.6 Å². The number of hydrogen-bond acceptors (Lipinski definition) is 4. The highest BCUT2D eigenvalue weighted by Crippen LogP contribution is 2.16. The number of hydrogen-bond donors (Lipinski definition) is 2. The van der Waals surface area contributed by atoms with Crippen LogP contribution in [-0.4, -0.2) is 37.6 Å². The van der Waals surface area contributed by atoms with Crippen molar-refractivity contribution in [2.24, 2.45) is 5.92 Å². The average molecular weight is 355 g/mol. The molecule has 0 saturated heterocycles. The highest BCUT2D eigenvalue weighted by atomic mass is 32.2. The van der Waals surface area contributed by atoms with Crippen molar-refractivity contribution in [1.82, 2.24) is 15.2 Å². The standard InChI is InChI=1S/C16H25N3O4S/c1-5-12(4)15(20)17-18-16(21)13-9-8-10-14(11-13)24(22,23)19(6-2)7-3/h8-12H,5-7H2,1-4H3,(H,17,20)(H,18,21). The summed E-state index contributed by atoms with van der Waals surface area (Å²) in [7, 11) is -3.64. The van der Waals surface area contributed by atoms with Crippen LogP contribution < -0.4 is 10.9 Å². The summed E-state index contributed by atoms with van der Waals surface area (Å²) in [4.78, 5) is 23.8. The van der Waals surface area contributed by atoms with Gasteiger partial charge in [0.2, 0.25) is 15.9 Å². The normalized spacial score (nSPS) is 12.7. The monoisotopic (exact) mass is 355 g/mol. The summed E-state index contributed by atoms with van der Waals surface area (Å²) in [6.07, 6.45) is 0.652. The van der Waals surface area contributed by atoms with Crippen molar-refractivity contribution in [3.8, 4) is 0 Å². The Labute approximate surface area is 143 Å². The van der Waals surface area contributed by atoms with Gasteiger partial charge >= 0.3 is 0 Å². The summed E-state index contributed by atoms with van der Waals surface area (Å²) in [6.45, 7) is 7.82. The quantitative estimate of drug-likeness (QED) is 0.725. The first kappa shape index (κ1) is 20.1.